The molecule has 0 amide bonds. The van der Waals surface area contributed by atoms with Crippen LogP contribution in [-0.4, -0.2) is 14.5 Å². The summed E-state index contributed by atoms with van der Waals surface area (Å²) in [6, 6.07) is 16.2. The van der Waals surface area contributed by atoms with E-state index in [9.17, 15) is 0 Å². The molecule has 3 aromatic rings. The molecule has 0 saturated carbocycles. The molecule has 1 N–H and O–H groups in total. The molecule has 0 spiro atoms. The van der Waals surface area contributed by atoms with Gasteiger partial charge in [-0.05, 0) is 43.3 Å². The van der Waals surface area contributed by atoms with Crippen LogP contribution in [0, 0.1) is 6.92 Å². The molecule has 3 heterocycles. The number of hydrogen-bond donors (Lipinski definition) is 1. The first-order valence-corrected chi connectivity index (χ1v) is 7.04. The summed E-state index contributed by atoms with van der Waals surface area (Å²) in [5.74, 6) is 0.953. The molecular formula is C17H18N4. The van der Waals surface area contributed by atoms with Crippen molar-refractivity contribution >= 4 is 0 Å². The van der Waals surface area contributed by atoms with E-state index in [0.717, 1.165) is 30.3 Å². The summed E-state index contributed by atoms with van der Waals surface area (Å²) in [6.45, 7) is 3.54. The smallest absolute Gasteiger partial charge is 0.137 e. The summed E-state index contributed by atoms with van der Waals surface area (Å²) in [7, 11) is 0. The Morgan fingerprint density at radius 3 is 2.76 bits per heavy atom. The first-order valence-electron chi connectivity index (χ1n) is 7.04. The summed E-state index contributed by atoms with van der Waals surface area (Å²) in [5.41, 5.74) is 3.25. The average molecular weight is 278 g/mol. The average Bonchev–Trinajstić information content (AvgIpc) is 2.97. The van der Waals surface area contributed by atoms with E-state index in [1.807, 2.05) is 61.8 Å². The summed E-state index contributed by atoms with van der Waals surface area (Å²) in [5, 5.41) is 3.42. The molecule has 0 aromatic carbocycles. The maximum absolute atomic E-state index is 4.57. The van der Waals surface area contributed by atoms with E-state index in [2.05, 4.69) is 25.9 Å². The number of nitrogens with one attached hydrogen (secondary N) is 1. The topological polar surface area (TPSA) is 42.7 Å². The minimum Gasteiger partial charge on any atom is -0.306 e. The van der Waals surface area contributed by atoms with Gasteiger partial charge in [0.1, 0.15) is 5.82 Å². The van der Waals surface area contributed by atoms with E-state index in [1.165, 1.54) is 5.69 Å². The molecule has 0 bridgehead atoms. The summed E-state index contributed by atoms with van der Waals surface area (Å²) >= 11 is 0. The standard InChI is InChI=1S/C17H18N4/c1-14-6-4-9-17(20-14)21-11-5-8-16(21)13-18-12-15-7-2-3-10-19-15/h2-11,18H,12-13H2,1H3. The lowest BCUT2D eigenvalue weighted by Crippen LogP contribution is -2.16. The fraction of sp³-hybridized carbons (Fsp3) is 0.176. The maximum Gasteiger partial charge on any atom is 0.137 e. The second kappa shape index (κ2) is 6.33. The minimum absolute atomic E-state index is 0.757. The number of nitrogens with zero attached hydrogens (tertiary/aromatic N) is 3. The highest BCUT2D eigenvalue weighted by molar-refractivity contribution is 5.29. The van der Waals surface area contributed by atoms with Gasteiger partial charge in [-0.25, -0.2) is 4.98 Å². The number of hydrogen-bond acceptors (Lipinski definition) is 3. The Kier molecular flexibility index (Phi) is 4.07. The Bertz CT molecular complexity index is 704. The third kappa shape index (κ3) is 3.35. The second-order valence-corrected chi connectivity index (χ2v) is 4.93. The van der Waals surface area contributed by atoms with Crippen LogP contribution in [-0.2, 0) is 13.1 Å². The van der Waals surface area contributed by atoms with Gasteiger partial charge in [-0.1, -0.05) is 12.1 Å². The van der Waals surface area contributed by atoms with Crippen LogP contribution in [0.1, 0.15) is 17.1 Å². The third-order valence-electron chi connectivity index (χ3n) is 3.29. The van der Waals surface area contributed by atoms with E-state index in [-0.39, 0.29) is 0 Å². The fourth-order valence-electron chi connectivity index (χ4n) is 2.27. The van der Waals surface area contributed by atoms with Crippen molar-refractivity contribution in [3.63, 3.8) is 0 Å². The van der Waals surface area contributed by atoms with Crippen LogP contribution in [0.25, 0.3) is 5.82 Å². The monoisotopic (exact) mass is 278 g/mol. The van der Waals surface area contributed by atoms with Crippen LogP contribution < -0.4 is 5.32 Å². The Hall–Kier alpha value is -2.46. The Labute approximate surface area is 124 Å². The molecule has 0 saturated heterocycles. The minimum atomic E-state index is 0.757. The SMILES string of the molecule is Cc1cccc(-n2cccc2CNCc2ccccn2)n1. The van der Waals surface area contributed by atoms with Crippen molar-refractivity contribution in [1.82, 2.24) is 19.9 Å². The van der Waals surface area contributed by atoms with Crippen LogP contribution in [0.2, 0.25) is 0 Å². The quantitative estimate of drug-likeness (QED) is 0.780. The van der Waals surface area contributed by atoms with Gasteiger partial charge in [0.05, 0.1) is 5.69 Å². The van der Waals surface area contributed by atoms with Crippen molar-refractivity contribution < 1.29 is 0 Å². The van der Waals surface area contributed by atoms with Gasteiger partial charge >= 0.3 is 0 Å². The number of rotatable bonds is 5. The van der Waals surface area contributed by atoms with Gasteiger partial charge in [0.15, 0.2) is 0 Å². The van der Waals surface area contributed by atoms with Crippen molar-refractivity contribution in [3.05, 3.63) is 78.0 Å². The fourth-order valence-corrected chi connectivity index (χ4v) is 2.27. The van der Waals surface area contributed by atoms with Gasteiger partial charge in [0, 0.05) is 36.9 Å². The van der Waals surface area contributed by atoms with Gasteiger partial charge in [0.2, 0.25) is 0 Å². The van der Waals surface area contributed by atoms with E-state index >= 15 is 0 Å². The van der Waals surface area contributed by atoms with Gasteiger partial charge < -0.3 is 9.88 Å². The molecule has 106 valence electrons. The number of aromatic nitrogens is 3. The van der Waals surface area contributed by atoms with E-state index in [4.69, 9.17) is 0 Å². The van der Waals surface area contributed by atoms with Crippen LogP contribution in [0.15, 0.2) is 60.9 Å². The molecular weight excluding hydrogens is 260 g/mol. The van der Waals surface area contributed by atoms with Gasteiger partial charge in [-0.15, -0.1) is 0 Å². The van der Waals surface area contributed by atoms with Crippen LogP contribution in [0.5, 0.6) is 0 Å². The van der Waals surface area contributed by atoms with Crippen LogP contribution in [0.3, 0.4) is 0 Å². The zero-order valence-corrected chi connectivity index (χ0v) is 12.0. The van der Waals surface area contributed by atoms with Gasteiger partial charge in [0.25, 0.3) is 0 Å². The zero-order chi connectivity index (χ0) is 14.5. The van der Waals surface area contributed by atoms with E-state index in [1.54, 1.807) is 0 Å². The van der Waals surface area contributed by atoms with Crippen molar-refractivity contribution in [2.24, 2.45) is 0 Å². The molecule has 0 radical (unpaired) electrons. The largest absolute Gasteiger partial charge is 0.306 e. The lowest BCUT2D eigenvalue weighted by atomic mass is 10.3. The highest BCUT2D eigenvalue weighted by Crippen LogP contribution is 2.11. The van der Waals surface area contributed by atoms with Crippen molar-refractivity contribution in [2.75, 3.05) is 0 Å². The molecule has 0 aliphatic rings. The molecule has 0 unspecified atom stereocenters. The highest BCUT2D eigenvalue weighted by atomic mass is 15.1. The molecule has 0 atom stereocenters. The lowest BCUT2D eigenvalue weighted by Gasteiger charge is -2.10. The Morgan fingerprint density at radius 2 is 1.95 bits per heavy atom. The number of pyridine rings is 2. The molecule has 3 aromatic heterocycles. The molecule has 0 aliphatic heterocycles. The predicted molar refractivity (Wildman–Crippen MR) is 83.1 cm³/mol. The summed E-state index contributed by atoms with van der Waals surface area (Å²) in [4.78, 5) is 8.87. The van der Waals surface area contributed by atoms with E-state index in [0.29, 0.717) is 0 Å². The van der Waals surface area contributed by atoms with Crippen LogP contribution >= 0.6 is 0 Å². The first-order chi connectivity index (χ1) is 10.3. The highest BCUT2D eigenvalue weighted by Gasteiger charge is 2.04. The first kappa shape index (κ1) is 13.5. The molecule has 0 fully saturated rings. The third-order valence-corrected chi connectivity index (χ3v) is 3.29. The van der Waals surface area contributed by atoms with Gasteiger partial charge in [-0.3, -0.25) is 4.98 Å². The zero-order valence-electron chi connectivity index (χ0n) is 12.0. The van der Waals surface area contributed by atoms with Crippen molar-refractivity contribution in [1.29, 1.82) is 0 Å². The predicted octanol–water partition coefficient (Wildman–Crippen LogP) is 2.87. The molecule has 0 aliphatic carbocycles. The molecule has 4 heteroatoms. The normalized spacial score (nSPS) is 10.7. The Balaban J connectivity index is 1.69. The second-order valence-electron chi connectivity index (χ2n) is 4.93. The molecule has 4 nitrogen and oxygen atoms in total. The Morgan fingerprint density at radius 1 is 1.00 bits per heavy atom. The number of aryl methyl sites for hydroxylation is 1. The summed E-state index contributed by atoms with van der Waals surface area (Å²) < 4.78 is 2.11. The molecule has 3 rings (SSSR count). The lowest BCUT2D eigenvalue weighted by molar-refractivity contribution is 0.656. The van der Waals surface area contributed by atoms with Gasteiger partial charge in [-0.2, -0.15) is 0 Å². The molecule has 21 heavy (non-hydrogen) atoms. The summed E-state index contributed by atoms with van der Waals surface area (Å²) in [6.07, 6.45) is 3.86. The van der Waals surface area contributed by atoms with Crippen LogP contribution in [0.4, 0.5) is 0 Å². The van der Waals surface area contributed by atoms with E-state index < -0.39 is 0 Å². The maximum atomic E-state index is 4.57. The van der Waals surface area contributed by atoms with Crippen molar-refractivity contribution in [3.8, 4) is 5.82 Å². The van der Waals surface area contributed by atoms with Crippen molar-refractivity contribution in [2.45, 2.75) is 20.0 Å².